The number of fused-ring (bicyclic) bond motifs is 5. The third-order valence-corrected chi connectivity index (χ3v) is 14.9. The van der Waals surface area contributed by atoms with E-state index in [1.807, 2.05) is 30.5 Å². The van der Waals surface area contributed by atoms with Crippen molar-refractivity contribution in [3.63, 3.8) is 0 Å². The van der Waals surface area contributed by atoms with Gasteiger partial charge >= 0.3 is 5.97 Å². The van der Waals surface area contributed by atoms with Crippen molar-refractivity contribution in [3.05, 3.63) is 71.3 Å². The van der Waals surface area contributed by atoms with E-state index in [4.69, 9.17) is 9.47 Å². The predicted octanol–water partition coefficient (Wildman–Crippen LogP) is 13.7. The molecule has 4 aliphatic carbocycles. The van der Waals surface area contributed by atoms with Gasteiger partial charge in [-0.15, -0.1) is 0 Å². The van der Waals surface area contributed by atoms with Crippen molar-refractivity contribution in [2.45, 2.75) is 163 Å². The molecule has 8 atom stereocenters. The molecule has 4 nitrogen and oxygen atoms in total. The first-order chi connectivity index (χ1) is 26.1. The molecule has 0 unspecified atom stereocenters. The zero-order valence-corrected chi connectivity index (χ0v) is 34.9. The quantitative estimate of drug-likeness (QED) is 0.0663. The molecule has 0 saturated heterocycles. The number of nitrogens with zero attached hydrogens (tertiary/aromatic N) is 1. The van der Waals surface area contributed by atoms with Crippen molar-refractivity contribution in [1.82, 2.24) is 0 Å². The van der Waals surface area contributed by atoms with Gasteiger partial charge in [-0.3, -0.25) is 9.79 Å². The second-order valence-corrected chi connectivity index (χ2v) is 18.9. The van der Waals surface area contributed by atoms with Crippen LogP contribution in [-0.4, -0.2) is 24.9 Å². The van der Waals surface area contributed by atoms with Crippen molar-refractivity contribution in [2.75, 3.05) is 6.61 Å². The van der Waals surface area contributed by atoms with E-state index in [0.717, 1.165) is 91.0 Å². The molecule has 2 aromatic carbocycles. The van der Waals surface area contributed by atoms with Crippen LogP contribution in [0.5, 0.6) is 5.75 Å². The van der Waals surface area contributed by atoms with E-state index in [1.165, 1.54) is 76.2 Å². The number of ether oxygens (including phenoxy) is 2. The number of carbonyl (C=O) groups is 1. The molecule has 296 valence electrons. The summed E-state index contributed by atoms with van der Waals surface area (Å²) in [6, 6.07) is 16.7. The normalized spacial score (nSPS) is 29.7. The summed E-state index contributed by atoms with van der Waals surface area (Å²) in [5.41, 5.74) is 5.84. The third-order valence-electron chi connectivity index (χ3n) is 14.9. The van der Waals surface area contributed by atoms with Crippen LogP contribution in [0.4, 0.5) is 5.69 Å². The monoisotopic (exact) mass is 736 g/mol. The lowest BCUT2D eigenvalue weighted by Gasteiger charge is -2.58. The Bertz CT molecular complexity index is 1540. The number of aryl methyl sites for hydroxylation is 1. The van der Waals surface area contributed by atoms with Crippen LogP contribution in [0, 0.1) is 46.3 Å². The van der Waals surface area contributed by atoms with Gasteiger partial charge in [0.1, 0.15) is 11.9 Å². The molecule has 2 aromatic rings. The van der Waals surface area contributed by atoms with Crippen LogP contribution in [-0.2, 0) is 16.0 Å². The van der Waals surface area contributed by atoms with E-state index >= 15 is 0 Å². The first-order valence-corrected chi connectivity index (χ1v) is 22.3. The molecule has 0 amide bonds. The molecule has 0 aliphatic heterocycles. The fourth-order valence-electron chi connectivity index (χ4n) is 11.7. The van der Waals surface area contributed by atoms with Gasteiger partial charge in [0.05, 0.1) is 12.3 Å². The number of aliphatic imine (C=N–C) groups is 1. The molecular formula is C50H73NO3. The Morgan fingerprint density at radius 2 is 1.67 bits per heavy atom. The number of allylic oxidation sites excluding steroid dienone is 1. The molecule has 3 saturated carbocycles. The highest BCUT2D eigenvalue weighted by Crippen LogP contribution is 2.67. The lowest BCUT2D eigenvalue weighted by atomic mass is 9.47. The van der Waals surface area contributed by atoms with E-state index in [2.05, 4.69) is 76.9 Å². The van der Waals surface area contributed by atoms with Gasteiger partial charge < -0.3 is 9.47 Å². The topological polar surface area (TPSA) is 47.9 Å². The second-order valence-electron chi connectivity index (χ2n) is 18.9. The molecule has 0 aromatic heterocycles. The van der Waals surface area contributed by atoms with Gasteiger partial charge in [-0.25, -0.2) is 0 Å². The molecule has 0 N–H and O–H groups in total. The van der Waals surface area contributed by atoms with Crippen molar-refractivity contribution >= 4 is 17.9 Å². The molecule has 4 heteroatoms. The highest BCUT2D eigenvalue weighted by atomic mass is 16.5. The van der Waals surface area contributed by atoms with Gasteiger partial charge in [-0.2, -0.15) is 0 Å². The van der Waals surface area contributed by atoms with E-state index in [9.17, 15) is 4.79 Å². The Hall–Kier alpha value is -2.88. The highest BCUT2D eigenvalue weighted by molar-refractivity contribution is 5.82. The van der Waals surface area contributed by atoms with E-state index in [1.54, 1.807) is 5.57 Å². The minimum atomic E-state index is -0.0172. The number of benzene rings is 2. The summed E-state index contributed by atoms with van der Waals surface area (Å²) in [7, 11) is 0. The third kappa shape index (κ3) is 9.91. The fraction of sp³-hybridized carbons (Fsp3) is 0.680. The Balaban J connectivity index is 0.880. The minimum Gasteiger partial charge on any atom is -0.494 e. The van der Waals surface area contributed by atoms with Crippen LogP contribution in [0.25, 0.3) is 0 Å². The molecule has 4 aliphatic rings. The van der Waals surface area contributed by atoms with Crippen molar-refractivity contribution < 1.29 is 14.3 Å². The second kappa shape index (κ2) is 18.8. The number of rotatable bonds is 18. The van der Waals surface area contributed by atoms with E-state index < -0.39 is 0 Å². The summed E-state index contributed by atoms with van der Waals surface area (Å²) in [4.78, 5) is 17.6. The average molecular weight is 736 g/mol. The Kier molecular flexibility index (Phi) is 14.2. The summed E-state index contributed by atoms with van der Waals surface area (Å²) in [6.07, 6.45) is 25.7. The number of hydrogen-bond acceptors (Lipinski definition) is 4. The number of hydrogen-bond donors (Lipinski definition) is 0. The smallest absolute Gasteiger partial charge is 0.306 e. The van der Waals surface area contributed by atoms with Crippen LogP contribution in [0.2, 0.25) is 0 Å². The largest absolute Gasteiger partial charge is 0.494 e. The molecule has 3 fully saturated rings. The number of esters is 1. The highest BCUT2D eigenvalue weighted by Gasteiger charge is 2.59. The zero-order chi connectivity index (χ0) is 38.1. The molecule has 0 bridgehead atoms. The van der Waals surface area contributed by atoms with Gasteiger partial charge in [0.15, 0.2) is 0 Å². The lowest BCUT2D eigenvalue weighted by molar-refractivity contribution is -0.151. The Morgan fingerprint density at radius 3 is 2.43 bits per heavy atom. The molecule has 0 radical (unpaired) electrons. The molecule has 54 heavy (non-hydrogen) atoms. The maximum atomic E-state index is 12.9. The summed E-state index contributed by atoms with van der Waals surface area (Å²) in [5, 5.41) is 0. The Labute approximate surface area is 329 Å². The predicted molar refractivity (Wildman–Crippen MR) is 226 cm³/mol. The zero-order valence-electron chi connectivity index (χ0n) is 34.9. The maximum absolute atomic E-state index is 12.9. The standard InChI is InChI=1S/C50H73NO3/c1-7-8-15-38-17-22-41(23-18-38)51-35-39-19-24-42(25-20-39)53-33-11-9-10-16-48(52)54-43-29-31-49(5)40(34-43)21-26-44-46-28-27-45(37(4)14-12-13-36(2)3)50(46,6)32-30-47(44)49/h17-25,35-37,43-47H,7-16,26-34H2,1-6H3/t37-,43+,44+,45-,46+,47+,49+,50-/m1/s1. The van der Waals surface area contributed by atoms with Crippen LogP contribution in [0.1, 0.15) is 162 Å². The number of unbranched alkanes of at least 4 members (excludes halogenated alkanes) is 3. The summed E-state index contributed by atoms with van der Waals surface area (Å²) < 4.78 is 12.1. The average Bonchev–Trinajstić information content (AvgIpc) is 3.52. The van der Waals surface area contributed by atoms with Gasteiger partial charge in [0.25, 0.3) is 0 Å². The van der Waals surface area contributed by atoms with Gasteiger partial charge in [-0.1, -0.05) is 91.0 Å². The molecule has 0 heterocycles. The summed E-state index contributed by atoms with van der Waals surface area (Å²) in [6.45, 7) is 15.5. The van der Waals surface area contributed by atoms with E-state index in [-0.39, 0.29) is 12.1 Å². The Morgan fingerprint density at radius 1 is 0.870 bits per heavy atom. The number of carbonyl (C=O) groups excluding carboxylic acids is 1. The SMILES string of the molecule is CCCCc1ccc(N=Cc2ccc(OCCCCCC(=O)O[C@H]3CC[C@@]4(C)C(=CC[C@H]5[C@@H]6CC[C@H]([C@H](C)CCCC(C)C)[C@@]6(C)CC[C@@H]54)C3)cc2)cc1. The maximum Gasteiger partial charge on any atom is 0.306 e. The van der Waals surface area contributed by atoms with Crippen LogP contribution in [0.3, 0.4) is 0 Å². The molecule has 6 rings (SSSR count). The van der Waals surface area contributed by atoms with Gasteiger partial charge in [0.2, 0.25) is 0 Å². The van der Waals surface area contributed by atoms with Gasteiger partial charge in [-0.05, 0) is 171 Å². The lowest BCUT2D eigenvalue weighted by Crippen LogP contribution is -2.51. The molecular weight excluding hydrogens is 663 g/mol. The summed E-state index contributed by atoms with van der Waals surface area (Å²) in [5.74, 6) is 5.98. The van der Waals surface area contributed by atoms with E-state index in [0.29, 0.717) is 23.9 Å². The fourth-order valence-corrected chi connectivity index (χ4v) is 11.7. The summed E-state index contributed by atoms with van der Waals surface area (Å²) >= 11 is 0. The minimum absolute atomic E-state index is 0.0172. The van der Waals surface area contributed by atoms with Gasteiger partial charge in [0, 0.05) is 19.1 Å². The first kappa shape index (κ1) is 40.8. The van der Waals surface area contributed by atoms with Crippen molar-refractivity contribution in [1.29, 1.82) is 0 Å². The molecule has 0 spiro atoms. The van der Waals surface area contributed by atoms with Crippen molar-refractivity contribution in [3.8, 4) is 5.75 Å². The van der Waals surface area contributed by atoms with Crippen molar-refractivity contribution in [2.24, 2.45) is 51.3 Å². The first-order valence-electron chi connectivity index (χ1n) is 22.3. The van der Waals surface area contributed by atoms with Crippen LogP contribution in [0.15, 0.2) is 65.2 Å². The van der Waals surface area contributed by atoms with Crippen LogP contribution >= 0.6 is 0 Å². The van der Waals surface area contributed by atoms with Crippen LogP contribution < -0.4 is 4.74 Å².